The van der Waals surface area contributed by atoms with Crippen molar-refractivity contribution in [3.63, 3.8) is 0 Å². The minimum atomic E-state index is -1.10. The topological polar surface area (TPSA) is 124 Å². The number of carbonyl (C=O) groups is 4. The number of esters is 4. The van der Waals surface area contributed by atoms with Crippen LogP contribution in [0.2, 0.25) is 0 Å². The standard InChI is InChI=1S/C43H39FO10/c1-26(2)40(45)51-24-22-49-33-16-10-31(11-17-33)14-20-35-30(9)38(53-42(47)28(5)6)36(37(44)39(35)54-43(48)29(7)8)21-15-32-12-18-34(19-13-32)50-23-25-52-41(46)27(3)4/h10-13,16-19H,1,3,5,7,22-25H2,2,4,6,8-9H3. The summed E-state index contributed by atoms with van der Waals surface area (Å²) < 4.78 is 48.7. The fourth-order valence-electron chi connectivity index (χ4n) is 4.01. The molecule has 0 amide bonds. The summed E-state index contributed by atoms with van der Waals surface area (Å²) in [6.07, 6.45) is 0. The van der Waals surface area contributed by atoms with Gasteiger partial charge in [-0.05, 0) is 83.1 Å². The SMILES string of the molecule is C=C(C)C(=O)OCCOc1ccc(C#Cc2c(F)c(OC(=O)C(=C)C)c(C#Cc3ccc(OCCOC(=O)C(=C)C)cc3)c(C)c2OC(=O)C(=C)C)cc1. The molecule has 3 aromatic carbocycles. The Kier molecular flexibility index (Phi) is 15.1. The molecule has 0 aromatic heterocycles. The van der Waals surface area contributed by atoms with Gasteiger partial charge in [0.2, 0.25) is 0 Å². The Morgan fingerprint density at radius 2 is 0.907 bits per heavy atom. The van der Waals surface area contributed by atoms with E-state index in [1.165, 1.54) is 20.8 Å². The second kappa shape index (κ2) is 19.7. The number of benzene rings is 3. The highest BCUT2D eigenvalue weighted by Gasteiger charge is 2.27. The fraction of sp³-hybridized carbons (Fsp3) is 0.209. The van der Waals surface area contributed by atoms with Gasteiger partial charge in [-0.2, -0.15) is 0 Å². The summed E-state index contributed by atoms with van der Waals surface area (Å²) in [6.45, 7) is 21.9. The first-order valence-corrected chi connectivity index (χ1v) is 16.4. The van der Waals surface area contributed by atoms with Gasteiger partial charge in [0.15, 0.2) is 17.3 Å². The van der Waals surface area contributed by atoms with Gasteiger partial charge in [-0.1, -0.05) is 50.0 Å². The van der Waals surface area contributed by atoms with Gasteiger partial charge in [-0.3, -0.25) is 0 Å². The van der Waals surface area contributed by atoms with Crippen molar-refractivity contribution in [2.24, 2.45) is 0 Å². The van der Waals surface area contributed by atoms with Crippen LogP contribution < -0.4 is 18.9 Å². The first-order valence-electron chi connectivity index (χ1n) is 16.4. The third-order valence-corrected chi connectivity index (χ3v) is 6.91. The first-order chi connectivity index (χ1) is 25.6. The Balaban J connectivity index is 1.99. The zero-order chi connectivity index (χ0) is 39.9. The molecule has 0 spiro atoms. The molecule has 0 N–H and O–H groups in total. The van der Waals surface area contributed by atoms with Gasteiger partial charge in [0.05, 0.1) is 5.56 Å². The molecule has 3 rings (SSSR count). The minimum absolute atomic E-state index is 0.00217. The van der Waals surface area contributed by atoms with Crippen LogP contribution in [0.4, 0.5) is 4.39 Å². The van der Waals surface area contributed by atoms with E-state index in [0.29, 0.717) is 22.6 Å². The molecule has 3 aromatic rings. The van der Waals surface area contributed by atoms with E-state index < -0.39 is 35.4 Å². The number of carbonyl (C=O) groups excluding carboxylic acids is 4. The molecule has 10 nitrogen and oxygen atoms in total. The molecular formula is C43H39FO10. The highest BCUT2D eigenvalue weighted by atomic mass is 19.1. The Morgan fingerprint density at radius 1 is 0.537 bits per heavy atom. The van der Waals surface area contributed by atoms with Crippen LogP contribution in [0.15, 0.2) is 97.1 Å². The zero-order valence-electron chi connectivity index (χ0n) is 30.7. The highest BCUT2D eigenvalue weighted by molar-refractivity contribution is 5.91. The molecule has 11 heteroatoms. The Bertz CT molecular complexity index is 1970. The van der Waals surface area contributed by atoms with E-state index in [4.69, 9.17) is 28.4 Å². The van der Waals surface area contributed by atoms with Gasteiger partial charge in [-0.15, -0.1) is 0 Å². The maximum Gasteiger partial charge on any atom is 0.338 e. The van der Waals surface area contributed by atoms with E-state index in [9.17, 15) is 19.2 Å². The first kappa shape index (κ1) is 41.6. The Morgan fingerprint density at radius 3 is 1.30 bits per heavy atom. The van der Waals surface area contributed by atoms with Crippen LogP contribution in [0, 0.1) is 36.4 Å². The van der Waals surface area contributed by atoms with Crippen molar-refractivity contribution in [1.82, 2.24) is 0 Å². The van der Waals surface area contributed by atoms with Gasteiger partial charge >= 0.3 is 23.9 Å². The van der Waals surface area contributed by atoms with Crippen molar-refractivity contribution in [1.29, 1.82) is 0 Å². The van der Waals surface area contributed by atoms with E-state index in [1.54, 1.807) is 62.4 Å². The summed E-state index contributed by atoms with van der Waals surface area (Å²) in [5.41, 5.74) is 1.23. The minimum Gasteiger partial charge on any atom is -0.490 e. The van der Waals surface area contributed by atoms with E-state index in [2.05, 4.69) is 50.0 Å². The molecule has 0 radical (unpaired) electrons. The average Bonchev–Trinajstić information content (AvgIpc) is 3.13. The van der Waals surface area contributed by atoms with Gasteiger partial charge in [0.25, 0.3) is 0 Å². The van der Waals surface area contributed by atoms with Gasteiger partial charge < -0.3 is 28.4 Å². The maximum absolute atomic E-state index is 16.5. The molecule has 0 atom stereocenters. The molecule has 0 aliphatic carbocycles. The summed E-state index contributed by atoms with van der Waals surface area (Å²) in [4.78, 5) is 48.5. The van der Waals surface area contributed by atoms with Crippen LogP contribution in [-0.4, -0.2) is 50.3 Å². The summed E-state index contributed by atoms with van der Waals surface area (Å²) in [5, 5.41) is 0. The van der Waals surface area contributed by atoms with E-state index in [1.807, 2.05) is 0 Å². The lowest BCUT2D eigenvalue weighted by molar-refractivity contribution is -0.140. The number of rotatable bonds is 14. The van der Waals surface area contributed by atoms with Crippen LogP contribution in [0.1, 0.15) is 55.5 Å². The quantitative estimate of drug-likeness (QED) is 0.0569. The third-order valence-electron chi connectivity index (χ3n) is 6.91. The fourth-order valence-corrected chi connectivity index (χ4v) is 4.01. The van der Waals surface area contributed by atoms with E-state index in [-0.39, 0.29) is 71.2 Å². The van der Waals surface area contributed by atoms with Crippen LogP contribution in [0.25, 0.3) is 0 Å². The molecule has 0 fully saturated rings. The van der Waals surface area contributed by atoms with Gasteiger partial charge in [0.1, 0.15) is 43.5 Å². The van der Waals surface area contributed by atoms with E-state index >= 15 is 4.39 Å². The maximum atomic E-state index is 16.5. The lowest BCUT2D eigenvalue weighted by Crippen LogP contribution is -2.15. The number of halogens is 1. The molecular weight excluding hydrogens is 695 g/mol. The van der Waals surface area contributed by atoms with E-state index in [0.717, 1.165) is 0 Å². The monoisotopic (exact) mass is 734 g/mol. The molecule has 0 bridgehead atoms. The van der Waals surface area contributed by atoms with Crippen molar-refractivity contribution in [3.05, 3.63) is 131 Å². The molecule has 0 heterocycles. The number of hydrogen-bond donors (Lipinski definition) is 0. The van der Waals surface area contributed by atoms with Gasteiger partial charge in [0, 0.05) is 39.0 Å². The van der Waals surface area contributed by atoms with Crippen molar-refractivity contribution in [2.75, 3.05) is 26.4 Å². The molecule has 0 saturated heterocycles. The van der Waals surface area contributed by atoms with Crippen LogP contribution >= 0.6 is 0 Å². The lowest BCUT2D eigenvalue weighted by Gasteiger charge is -2.16. The molecule has 0 saturated carbocycles. The Labute approximate surface area is 313 Å². The third kappa shape index (κ3) is 12.1. The smallest absolute Gasteiger partial charge is 0.338 e. The molecule has 54 heavy (non-hydrogen) atoms. The summed E-state index contributed by atoms with van der Waals surface area (Å²) in [7, 11) is 0. The molecule has 0 unspecified atom stereocenters. The second-order valence-corrected chi connectivity index (χ2v) is 11.8. The average molecular weight is 735 g/mol. The normalized spacial score (nSPS) is 9.89. The highest BCUT2D eigenvalue weighted by Crippen LogP contribution is 2.38. The largest absolute Gasteiger partial charge is 0.490 e. The predicted octanol–water partition coefficient (Wildman–Crippen LogP) is 6.89. The van der Waals surface area contributed by atoms with Crippen molar-refractivity contribution in [3.8, 4) is 46.7 Å². The van der Waals surface area contributed by atoms with Crippen LogP contribution in [0.3, 0.4) is 0 Å². The predicted molar refractivity (Wildman–Crippen MR) is 199 cm³/mol. The molecule has 0 aliphatic heterocycles. The number of hydrogen-bond acceptors (Lipinski definition) is 10. The molecule has 278 valence electrons. The van der Waals surface area contributed by atoms with Gasteiger partial charge in [-0.25, -0.2) is 23.6 Å². The second-order valence-electron chi connectivity index (χ2n) is 11.8. The van der Waals surface area contributed by atoms with Crippen LogP contribution in [0.5, 0.6) is 23.0 Å². The molecule has 0 aliphatic rings. The summed E-state index contributed by atoms with van der Waals surface area (Å²) in [5.74, 6) is 7.58. The zero-order valence-corrected chi connectivity index (χ0v) is 30.7. The van der Waals surface area contributed by atoms with Crippen molar-refractivity contribution < 1.29 is 52.0 Å². The number of ether oxygens (including phenoxy) is 6. The van der Waals surface area contributed by atoms with Crippen LogP contribution in [-0.2, 0) is 28.7 Å². The van der Waals surface area contributed by atoms with Crippen molar-refractivity contribution in [2.45, 2.75) is 34.6 Å². The summed E-state index contributed by atoms with van der Waals surface area (Å²) in [6, 6.07) is 13.0. The lowest BCUT2D eigenvalue weighted by atomic mass is 10.00. The summed E-state index contributed by atoms with van der Waals surface area (Å²) >= 11 is 0. The Hall–Kier alpha value is -6.85. The van der Waals surface area contributed by atoms with Crippen molar-refractivity contribution >= 4 is 23.9 Å².